The molecule has 1 aliphatic heterocycles. The highest BCUT2D eigenvalue weighted by atomic mass is 79.9. The number of rotatable bonds is 6. The lowest BCUT2D eigenvalue weighted by molar-refractivity contribution is -0.132. The van der Waals surface area contributed by atoms with Crippen LogP contribution in [0.2, 0.25) is 5.02 Å². The second kappa shape index (κ2) is 10.6. The Balaban J connectivity index is 1.60. The number of amides is 4. The average molecular weight is 548 g/mol. The molecule has 2 fully saturated rings. The first-order valence-corrected chi connectivity index (χ1v) is 12.2. The number of barbiturate groups is 1. The van der Waals surface area contributed by atoms with Crippen LogP contribution in [0.5, 0.6) is 11.5 Å². The molecule has 178 valence electrons. The van der Waals surface area contributed by atoms with Gasteiger partial charge in [0.2, 0.25) is 0 Å². The molecule has 1 saturated carbocycles. The fourth-order valence-electron chi connectivity index (χ4n) is 4.24. The highest BCUT2D eigenvalue weighted by Gasteiger charge is 2.40. The molecule has 0 spiro atoms. The summed E-state index contributed by atoms with van der Waals surface area (Å²) in [5.74, 6) is -0.411. The first kappa shape index (κ1) is 24.3. The molecule has 0 bridgehead atoms. The number of hydrogen-bond acceptors (Lipinski definition) is 5. The molecule has 2 aromatic rings. The van der Waals surface area contributed by atoms with E-state index in [-0.39, 0.29) is 18.2 Å². The van der Waals surface area contributed by atoms with Gasteiger partial charge in [-0.1, -0.05) is 49.1 Å². The van der Waals surface area contributed by atoms with Gasteiger partial charge in [0, 0.05) is 16.6 Å². The Kier molecular flexibility index (Phi) is 7.58. The molecule has 4 rings (SSSR count). The minimum Gasteiger partial charge on any atom is -0.493 e. The standard InChI is InChI=1S/C25H24BrClN2O5/c1-33-21-13-15(12-19(26)22(21)34-14-16-7-5-6-10-20(16)27)11-18-23(30)28-25(32)29(24(18)31)17-8-3-2-4-9-17/h5-7,10-13,17H,2-4,8-9,14H2,1H3,(H,28,30,32). The van der Waals surface area contributed by atoms with Crippen molar-refractivity contribution in [3.8, 4) is 11.5 Å². The molecular formula is C25H24BrClN2O5. The number of urea groups is 1. The summed E-state index contributed by atoms with van der Waals surface area (Å²) in [6, 6.07) is 9.92. The molecule has 0 radical (unpaired) electrons. The van der Waals surface area contributed by atoms with Gasteiger partial charge in [-0.2, -0.15) is 0 Å². The van der Waals surface area contributed by atoms with Crippen LogP contribution in [0.25, 0.3) is 6.08 Å². The Bertz CT molecular complexity index is 1160. The van der Waals surface area contributed by atoms with Crippen molar-refractivity contribution in [3.63, 3.8) is 0 Å². The minimum absolute atomic E-state index is 0.0936. The van der Waals surface area contributed by atoms with Crippen molar-refractivity contribution in [1.82, 2.24) is 10.2 Å². The highest BCUT2D eigenvalue weighted by molar-refractivity contribution is 9.10. The third-order valence-electron chi connectivity index (χ3n) is 5.97. The number of hydrogen-bond donors (Lipinski definition) is 1. The lowest BCUT2D eigenvalue weighted by Crippen LogP contribution is -2.58. The summed E-state index contributed by atoms with van der Waals surface area (Å²) >= 11 is 9.71. The Morgan fingerprint density at radius 1 is 1.15 bits per heavy atom. The molecular weight excluding hydrogens is 524 g/mol. The molecule has 1 saturated heterocycles. The SMILES string of the molecule is COc1cc(C=C2C(=O)NC(=O)N(C3CCCCC3)C2=O)cc(Br)c1OCc1ccccc1Cl. The van der Waals surface area contributed by atoms with Gasteiger partial charge in [-0.25, -0.2) is 4.79 Å². The Hall–Kier alpha value is -2.84. The van der Waals surface area contributed by atoms with Gasteiger partial charge in [0.1, 0.15) is 12.2 Å². The first-order chi connectivity index (χ1) is 16.4. The van der Waals surface area contributed by atoms with Crippen LogP contribution in [-0.4, -0.2) is 35.9 Å². The molecule has 0 atom stereocenters. The maximum atomic E-state index is 13.1. The first-order valence-electron chi connectivity index (χ1n) is 11.0. The zero-order chi connectivity index (χ0) is 24.2. The topological polar surface area (TPSA) is 84.9 Å². The summed E-state index contributed by atoms with van der Waals surface area (Å²) in [7, 11) is 1.50. The van der Waals surface area contributed by atoms with E-state index >= 15 is 0 Å². The molecule has 9 heteroatoms. The van der Waals surface area contributed by atoms with E-state index in [1.165, 1.54) is 18.1 Å². The van der Waals surface area contributed by atoms with Crippen LogP contribution in [0.3, 0.4) is 0 Å². The molecule has 0 aromatic heterocycles. The van der Waals surface area contributed by atoms with Gasteiger partial charge in [-0.05, 0) is 58.6 Å². The zero-order valence-corrected chi connectivity index (χ0v) is 20.9. The molecule has 2 aliphatic rings. The predicted molar refractivity (Wildman–Crippen MR) is 132 cm³/mol. The maximum Gasteiger partial charge on any atom is 0.331 e. The summed E-state index contributed by atoms with van der Waals surface area (Å²) in [6.45, 7) is 0.231. The molecule has 0 unspecified atom stereocenters. The van der Waals surface area contributed by atoms with Crippen LogP contribution < -0.4 is 14.8 Å². The summed E-state index contributed by atoms with van der Waals surface area (Å²) in [5.41, 5.74) is 1.27. The number of carbonyl (C=O) groups excluding carboxylic acids is 3. The second-order valence-electron chi connectivity index (χ2n) is 8.20. The van der Waals surface area contributed by atoms with E-state index in [1.54, 1.807) is 18.2 Å². The van der Waals surface area contributed by atoms with Crippen molar-refractivity contribution < 1.29 is 23.9 Å². The van der Waals surface area contributed by atoms with Crippen molar-refractivity contribution in [1.29, 1.82) is 0 Å². The molecule has 7 nitrogen and oxygen atoms in total. The fraction of sp³-hybridized carbons (Fsp3) is 0.320. The maximum absolute atomic E-state index is 13.1. The van der Waals surface area contributed by atoms with Gasteiger partial charge >= 0.3 is 6.03 Å². The van der Waals surface area contributed by atoms with E-state index in [0.29, 0.717) is 26.6 Å². The monoisotopic (exact) mass is 546 g/mol. The smallest absolute Gasteiger partial charge is 0.331 e. The average Bonchev–Trinajstić information content (AvgIpc) is 2.82. The molecule has 34 heavy (non-hydrogen) atoms. The normalized spacial score (nSPS) is 18.3. The van der Waals surface area contributed by atoms with E-state index in [1.807, 2.05) is 18.2 Å². The zero-order valence-electron chi connectivity index (χ0n) is 18.6. The van der Waals surface area contributed by atoms with Crippen molar-refractivity contribution in [2.45, 2.75) is 44.8 Å². The van der Waals surface area contributed by atoms with Crippen molar-refractivity contribution in [2.24, 2.45) is 0 Å². The molecule has 2 aromatic carbocycles. The minimum atomic E-state index is -0.712. The number of carbonyl (C=O) groups is 3. The van der Waals surface area contributed by atoms with Crippen LogP contribution >= 0.6 is 27.5 Å². The van der Waals surface area contributed by atoms with Crippen LogP contribution in [0, 0.1) is 0 Å². The Labute approximate surface area is 211 Å². The number of methoxy groups -OCH3 is 1. The molecule has 1 aliphatic carbocycles. The van der Waals surface area contributed by atoms with Crippen molar-refractivity contribution >= 4 is 51.5 Å². The number of halogens is 2. The Morgan fingerprint density at radius 3 is 2.59 bits per heavy atom. The van der Waals surface area contributed by atoms with Crippen LogP contribution in [0.15, 0.2) is 46.4 Å². The predicted octanol–water partition coefficient (Wildman–Crippen LogP) is 5.48. The van der Waals surface area contributed by atoms with E-state index in [9.17, 15) is 14.4 Å². The van der Waals surface area contributed by atoms with Gasteiger partial charge in [-0.3, -0.25) is 19.8 Å². The van der Waals surface area contributed by atoms with Gasteiger partial charge in [0.05, 0.1) is 11.6 Å². The third kappa shape index (κ3) is 5.13. The van der Waals surface area contributed by atoms with E-state index in [4.69, 9.17) is 21.1 Å². The van der Waals surface area contributed by atoms with E-state index in [0.717, 1.165) is 37.7 Å². The highest BCUT2D eigenvalue weighted by Crippen LogP contribution is 2.38. The molecule has 1 N–H and O–H groups in total. The largest absolute Gasteiger partial charge is 0.493 e. The van der Waals surface area contributed by atoms with E-state index in [2.05, 4.69) is 21.2 Å². The number of nitrogens with zero attached hydrogens (tertiary/aromatic N) is 1. The van der Waals surface area contributed by atoms with Crippen LogP contribution in [-0.2, 0) is 16.2 Å². The van der Waals surface area contributed by atoms with Crippen molar-refractivity contribution in [3.05, 3.63) is 62.6 Å². The lowest BCUT2D eigenvalue weighted by Gasteiger charge is -2.35. The van der Waals surface area contributed by atoms with Gasteiger partial charge in [0.25, 0.3) is 11.8 Å². The third-order valence-corrected chi connectivity index (χ3v) is 6.92. The summed E-state index contributed by atoms with van der Waals surface area (Å²) in [6.07, 6.45) is 5.95. The van der Waals surface area contributed by atoms with Crippen molar-refractivity contribution in [2.75, 3.05) is 7.11 Å². The number of benzene rings is 2. The number of imide groups is 2. The quantitative estimate of drug-likeness (QED) is 0.382. The van der Waals surface area contributed by atoms with Crippen LogP contribution in [0.1, 0.15) is 43.2 Å². The fourth-order valence-corrected chi connectivity index (χ4v) is 5.00. The number of ether oxygens (including phenoxy) is 2. The van der Waals surface area contributed by atoms with Gasteiger partial charge < -0.3 is 9.47 Å². The Morgan fingerprint density at radius 2 is 1.88 bits per heavy atom. The molecule has 1 heterocycles. The van der Waals surface area contributed by atoms with E-state index < -0.39 is 17.8 Å². The summed E-state index contributed by atoms with van der Waals surface area (Å²) < 4.78 is 12.0. The second-order valence-corrected chi connectivity index (χ2v) is 9.46. The lowest BCUT2D eigenvalue weighted by atomic mass is 9.93. The van der Waals surface area contributed by atoms with Gasteiger partial charge in [0.15, 0.2) is 11.5 Å². The summed E-state index contributed by atoms with van der Waals surface area (Å²) in [5, 5.41) is 2.90. The van der Waals surface area contributed by atoms with Crippen LogP contribution in [0.4, 0.5) is 4.79 Å². The van der Waals surface area contributed by atoms with Gasteiger partial charge in [-0.15, -0.1) is 0 Å². The summed E-state index contributed by atoms with van der Waals surface area (Å²) in [4.78, 5) is 39.3. The number of nitrogens with one attached hydrogen (secondary N) is 1. The molecule has 4 amide bonds.